The number of nitrogens with zero attached hydrogens (tertiary/aromatic N) is 2. The molecule has 1 saturated carbocycles. The molecule has 1 fully saturated rings. The molecule has 0 amide bonds. The Morgan fingerprint density at radius 2 is 1.88 bits per heavy atom. The van der Waals surface area contributed by atoms with Gasteiger partial charge in [0.15, 0.2) is 0 Å². The Bertz CT molecular complexity index is 1250. The molecule has 1 aromatic carbocycles. The summed E-state index contributed by atoms with van der Waals surface area (Å²) < 4.78 is 69.8. The first-order chi connectivity index (χ1) is 14.9. The molecule has 0 radical (unpaired) electrons. The van der Waals surface area contributed by atoms with E-state index in [0.717, 1.165) is 22.5 Å². The Labute approximate surface area is 185 Å². The van der Waals surface area contributed by atoms with E-state index in [-0.39, 0.29) is 22.9 Å². The van der Waals surface area contributed by atoms with Crippen molar-refractivity contribution in [3.8, 4) is 11.3 Å². The van der Waals surface area contributed by atoms with Crippen molar-refractivity contribution in [2.45, 2.75) is 58.1 Å². The van der Waals surface area contributed by atoms with Gasteiger partial charge in [-0.25, -0.2) is 13.1 Å². The largest absolute Gasteiger partial charge is 0.418 e. The Hall–Kier alpha value is -2.39. The van der Waals surface area contributed by atoms with Crippen LogP contribution in [0.15, 0.2) is 42.7 Å². The molecule has 9 heteroatoms. The van der Waals surface area contributed by atoms with Crippen LogP contribution in [-0.2, 0) is 29.3 Å². The zero-order valence-corrected chi connectivity index (χ0v) is 19.0. The fourth-order valence-corrected chi connectivity index (χ4v) is 5.19. The molecule has 1 aliphatic carbocycles. The van der Waals surface area contributed by atoms with Crippen LogP contribution in [0.3, 0.4) is 0 Å². The lowest BCUT2D eigenvalue weighted by atomic mass is 9.97. The van der Waals surface area contributed by atoms with E-state index in [1.807, 2.05) is 10.8 Å². The normalized spacial score (nSPS) is 15.4. The van der Waals surface area contributed by atoms with Gasteiger partial charge in [0.2, 0.25) is 10.0 Å². The number of rotatable bonds is 6. The highest BCUT2D eigenvalue weighted by atomic mass is 32.2. The number of fused-ring (bicyclic) bond motifs is 1. The van der Waals surface area contributed by atoms with Crippen molar-refractivity contribution in [2.24, 2.45) is 5.41 Å². The Morgan fingerprint density at radius 3 is 2.50 bits per heavy atom. The summed E-state index contributed by atoms with van der Waals surface area (Å²) in [5, 5.41) is 0.489. The maximum atomic E-state index is 13.5. The fourth-order valence-electron chi connectivity index (χ4n) is 3.84. The third-order valence-corrected chi connectivity index (χ3v) is 7.32. The van der Waals surface area contributed by atoms with Gasteiger partial charge < -0.3 is 4.57 Å². The quantitative estimate of drug-likeness (QED) is 0.534. The lowest BCUT2D eigenvalue weighted by Crippen LogP contribution is -2.26. The highest BCUT2D eigenvalue weighted by Gasteiger charge is 2.36. The van der Waals surface area contributed by atoms with Crippen molar-refractivity contribution in [1.29, 1.82) is 0 Å². The molecule has 0 bridgehead atoms. The Kier molecular flexibility index (Phi) is 5.61. The van der Waals surface area contributed by atoms with E-state index in [1.54, 1.807) is 18.2 Å². The highest BCUT2D eigenvalue weighted by Crippen LogP contribution is 2.37. The fraction of sp³-hybridized carbons (Fsp3) is 0.435. The lowest BCUT2D eigenvalue weighted by Gasteiger charge is -2.20. The molecule has 3 aromatic rings. The molecule has 1 aliphatic rings. The molecule has 0 spiro atoms. The minimum absolute atomic E-state index is 0.0884. The highest BCUT2D eigenvalue weighted by molar-refractivity contribution is 7.90. The summed E-state index contributed by atoms with van der Waals surface area (Å²) in [6.45, 7) is 6.97. The zero-order chi connectivity index (χ0) is 23.3. The summed E-state index contributed by atoms with van der Waals surface area (Å²) in [5.74, 6) is 0. The number of nitrogens with one attached hydrogen (secondary N) is 1. The van der Waals surface area contributed by atoms with Crippen LogP contribution >= 0.6 is 0 Å². The summed E-state index contributed by atoms with van der Waals surface area (Å²) in [6.07, 6.45) is 0.0731. The molecule has 32 heavy (non-hydrogen) atoms. The molecular formula is C23H26F3N3O2S. The van der Waals surface area contributed by atoms with Gasteiger partial charge in [0.05, 0.1) is 16.5 Å². The van der Waals surface area contributed by atoms with Crippen molar-refractivity contribution in [1.82, 2.24) is 14.3 Å². The molecule has 0 unspecified atom stereocenters. The average Bonchev–Trinajstić information content (AvgIpc) is 3.50. The van der Waals surface area contributed by atoms with E-state index < -0.39 is 21.8 Å². The first-order valence-corrected chi connectivity index (χ1v) is 12.0. The number of benzene rings is 1. The minimum Gasteiger partial charge on any atom is -0.347 e. The number of alkyl halides is 3. The van der Waals surface area contributed by atoms with Crippen LogP contribution in [0, 0.1) is 5.41 Å². The lowest BCUT2D eigenvalue weighted by molar-refractivity contribution is -0.137. The molecule has 0 atom stereocenters. The van der Waals surface area contributed by atoms with Crippen LogP contribution in [0.25, 0.3) is 22.2 Å². The number of hydrogen-bond donors (Lipinski definition) is 1. The molecule has 0 saturated heterocycles. The predicted octanol–water partition coefficient (Wildman–Crippen LogP) is 5.35. The van der Waals surface area contributed by atoms with Crippen LogP contribution in [0.1, 0.15) is 44.7 Å². The summed E-state index contributed by atoms with van der Waals surface area (Å²) in [7, 11) is -3.35. The van der Waals surface area contributed by atoms with Gasteiger partial charge in [0.1, 0.15) is 0 Å². The summed E-state index contributed by atoms with van der Waals surface area (Å²) in [6, 6.07) is 7.37. The van der Waals surface area contributed by atoms with Gasteiger partial charge in [0.25, 0.3) is 0 Å². The number of sulfonamides is 1. The van der Waals surface area contributed by atoms with Crippen molar-refractivity contribution >= 4 is 20.9 Å². The Morgan fingerprint density at radius 1 is 1.16 bits per heavy atom. The molecule has 2 heterocycles. The standard InChI is InChI=1S/C23H26F3N3O2S/c1-22(2,3)14-29-13-16(12-28-32(30,31)17-7-8-17)18-9-6-15(11-20(18)29)21-19(23(24,25)26)5-4-10-27-21/h4-6,9-11,13,17,28H,7-8,12,14H2,1-3H3. The van der Waals surface area contributed by atoms with Crippen LogP contribution < -0.4 is 4.72 Å². The van der Waals surface area contributed by atoms with E-state index in [0.29, 0.717) is 24.9 Å². The Balaban J connectivity index is 1.79. The summed E-state index contributed by atoms with van der Waals surface area (Å²) in [4.78, 5) is 4.01. The van der Waals surface area contributed by atoms with Gasteiger partial charge in [-0.05, 0) is 42.0 Å². The van der Waals surface area contributed by atoms with E-state index in [2.05, 4.69) is 30.5 Å². The minimum atomic E-state index is -4.52. The zero-order valence-electron chi connectivity index (χ0n) is 18.2. The van der Waals surface area contributed by atoms with E-state index in [4.69, 9.17) is 0 Å². The van der Waals surface area contributed by atoms with Crippen LogP contribution in [0.5, 0.6) is 0 Å². The molecule has 0 aliphatic heterocycles. The van der Waals surface area contributed by atoms with Gasteiger partial charge in [-0.1, -0.05) is 32.9 Å². The van der Waals surface area contributed by atoms with Crippen molar-refractivity contribution < 1.29 is 21.6 Å². The van der Waals surface area contributed by atoms with E-state index in [9.17, 15) is 21.6 Å². The van der Waals surface area contributed by atoms with Crippen molar-refractivity contribution in [2.75, 3.05) is 0 Å². The second kappa shape index (κ2) is 7.88. The van der Waals surface area contributed by atoms with E-state index >= 15 is 0 Å². The summed E-state index contributed by atoms with van der Waals surface area (Å²) >= 11 is 0. The van der Waals surface area contributed by atoms with Gasteiger partial charge >= 0.3 is 6.18 Å². The van der Waals surface area contributed by atoms with Gasteiger partial charge in [-0.3, -0.25) is 4.98 Å². The smallest absolute Gasteiger partial charge is 0.347 e. The number of pyridine rings is 1. The molecule has 2 aromatic heterocycles. The SMILES string of the molecule is CC(C)(C)Cn1cc(CNS(=O)(=O)C2CC2)c2ccc(-c3ncccc3C(F)(F)F)cc21. The second-order valence-electron chi connectivity index (χ2n) is 9.54. The molecule has 4 rings (SSSR count). The molecule has 1 N–H and O–H groups in total. The predicted molar refractivity (Wildman–Crippen MR) is 118 cm³/mol. The third-order valence-electron chi connectivity index (χ3n) is 5.42. The maximum absolute atomic E-state index is 13.5. The topological polar surface area (TPSA) is 64.0 Å². The molecular weight excluding hydrogens is 439 g/mol. The van der Waals surface area contributed by atoms with Crippen LogP contribution in [-0.4, -0.2) is 23.2 Å². The second-order valence-corrected chi connectivity index (χ2v) is 11.6. The van der Waals surface area contributed by atoms with Crippen molar-refractivity contribution in [3.63, 3.8) is 0 Å². The first kappa shape index (κ1) is 22.8. The number of aromatic nitrogens is 2. The number of halogens is 3. The van der Waals surface area contributed by atoms with Crippen LogP contribution in [0.2, 0.25) is 0 Å². The van der Waals surface area contributed by atoms with Gasteiger partial charge in [-0.2, -0.15) is 13.2 Å². The van der Waals surface area contributed by atoms with Gasteiger partial charge in [0, 0.05) is 41.9 Å². The summed E-state index contributed by atoms with van der Waals surface area (Å²) in [5.41, 5.74) is 0.902. The third kappa shape index (κ3) is 4.83. The monoisotopic (exact) mass is 465 g/mol. The average molecular weight is 466 g/mol. The van der Waals surface area contributed by atoms with Crippen LogP contribution in [0.4, 0.5) is 13.2 Å². The first-order valence-electron chi connectivity index (χ1n) is 10.5. The maximum Gasteiger partial charge on any atom is 0.418 e. The van der Waals surface area contributed by atoms with Gasteiger partial charge in [-0.15, -0.1) is 0 Å². The van der Waals surface area contributed by atoms with Crippen molar-refractivity contribution in [3.05, 3.63) is 53.9 Å². The molecule has 172 valence electrons. The molecule has 5 nitrogen and oxygen atoms in total. The number of hydrogen-bond acceptors (Lipinski definition) is 3. The van der Waals surface area contributed by atoms with E-state index in [1.165, 1.54) is 12.3 Å².